The van der Waals surface area contributed by atoms with Crippen molar-refractivity contribution in [2.45, 2.75) is 78.6 Å². The molecule has 0 aromatic heterocycles. The summed E-state index contributed by atoms with van der Waals surface area (Å²) in [6.45, 7) is 18.8. The molecule has 0 aliphatic rings. The molecule has 3 rings (SSSR count). The summed E-state index contributed by atoms with van der Waals surface area (Å²) >= 11 is 1.42. The fraction of sp³-hybridized carbons (Fsp3) is 0.364. The Labute approximate surface area is 281 Å². The first-order valence-electron chi connectivity index (χ1n) is 12.9. The van der Waals surface area contributed by atoms with Gasteiger partial charge in [0.25, 0.3) is 0 Å². The summed E-state index contributed by atoms with van der Waals surface area (Å²) < 4.78 is 6.92. The predicted molar refractivity (Wildman–Crippen MR) is 156 cm³/mol. The third-order valence-corrected chi connectivity index (χ3v) is 5.96. The molecule has 0 spiro atoms. The fourth-order valence-corrected chi connectivity index (χ4v) is 3.32. The third-order valence-electron chi connectivity index (χ3n) is 5.96. The first-order valence-corrected chi connectivity index (χ1v) is 13.5. The van der Waals surface area contributed by atoms with Crippen LogP contribution in [-0.4, -0.2) is 38.7 Å². The zero-order chi connectivity index (χ0) is 32.2. The van der Waals surface area contributed by atoms with Crippen molar-refractivity contribution in [3.05, 3.63) is 106 Å². The Balaban J connectivity index is 0. The van der Waals surface area contributed by atoms with Crippen LogP contribution in [0.15, 0.2) is 72.8 Å². The summed E-state index contributed by atoms with van der Waals surface area (Å²) in [6.07, 6.45) is 0. The number of carboxylic acid groups (broad SMARTS) is 3. The van der Waals surface area contributed by atoms with Crippen molar-refractivity contribution in [1.82, 2.24) is 0 Å². The number of carbonyl (C=O) groups excluding carboxylic acids is 3. The van der Waals surface area contributed by atoms with Crippen molar-refractivity contribution >= 4 is 34.5 Å². The van der Waals surface area contributed by atoms with Gasteiger partial charge in [0.05, 0.1) is 17.9 Å². The average molecular weight is 599 g/mol. The van der Waals surface area contributed by atoms with Crippen LogP contribution in [-0.2, 0) is 16.2 Å². The van der Waals surface area contributed by atoms with E-state index < -0.39 is 17.9 Å². The van der Waals surface area contributed by atoms with E-state index in [-0.39, 0.29) is 62.5 Å². The molecule has 218 valence electrons. The average Bonchev–Trinajstić information content (AvgIpc) is 2.89. The normalized spacial score (nSPS) is 10.7. The van der Waals surface area contributed by atoms with Crippen LogP contribution in [0, 0.1) is 0 Å². The minimum absolute atomic E-state index is 0. The molecule has 0 bridgehead atoms. The molecule has 0 unspecified atom stereocenters. The van der Waals surface area contributed by atoms with E-state index in [1.54, 1.807) is 36.4 Å². The second-order valence-corrected chi connectivity index (χ2v) is 12.3. The number of rotatable bonds is 3. The van der Waals surface area contributed by atoms with Gasteiger partial charge in [-0.2, -0.15) is 0 Å². The van der Waals surface area contributed by atoms with Crippen molar-refractivity contribution in [2.24, 2.45) is 0 Å². The topological polar surface area (TPSA) is 141 Å². The molecule has 0 radical (unpaired) electrons. The van der Waals surface area contributed by atoms with Gasteiger partial charge in [0.1, 0.15) is 0 Å². The van der Waals surface area contributed by atoms with Crippen LogP contribution in [0.5, 0.6) is 0 Å². The predicted octanol–water partition coefficient (Wildman–Crippen LogP) is 0.109. The van der Waals surface area contributed by atoms with Crippen LogP contribution < -0.4 is 44.9 Å². The molecule has 0 atom stereocenters. The molecule has 0 aliphatic carbocycles. The monoisotopic (exact) mass is 598 g/mol. The first-order chi connectivity index (χ1) is 18.7. The Bertz CT molecular complexity index is 1090. The van der Waals surface area contributed by atoms with E-state index >= 15 is 0 Å². The number of aromatic carboxylic acids is 3. The molecule has 0 aliphatic heterocycles. The molecule has 0 saturated carbocycles. The number of benzene rings is 3. The van der Waals surface area contributed by atoms with Crippen LogP contribution in [0.1, 0.15) is 110 Å². The second kappa shape index (κ2) is 18.3. The van der Waals surface area contributed by atoms with Gasteiger partial charge in [0, 0.05) is 0 Å². The second-order valence-electron chi connectivity index (χ2n) is 12.3. The molecule has 1 N–H and O–H groups in total. The van der Waals surface area contributed by atoms with Crippen molar-refractivity contribution < 1.29 is 63.4 Å². The van der Waals surface area contributed by atoms with Crippen molar-refractivity contribution in [1.29, 1.82) is 0 Å². The molecule has 0 fully saturated rings. The summed E-state index contributed by atoms with van der Waals surface area (Å²) in [6, 6.07) is 20.4. The molecular formula is C33H40AlNaO7. The van der Waals surface area contributed by atoms with Crippen LogP contribution in [0.4, 0.5) is 0 Å². The van der Waals surface area contributed by atoms with Gasteiger partial charge in [-0.05, 0) is 49.6 Å². The van der Waals surface area contributed by atoms with E-state index in [9.17, 15) is 29.7 Å². The zero-order valence-corrected chi connectivity index (χ0v) is 29.6. The minimum atomic E-state index is -1.12. The number of carbonyl (C=O) groups is 3. The maximum absolute atomic E-state index is 10.5. The molecule has 3 aromatic carbocycles. The van der Waals surface area contributed by atoms with E-state index in [0.29, 0.717) is 0 Å². The molecule has 7 nitrogen and oxygen atoms in total. The van der Waals surface area contributed by atoms with Crippen molar-refractivity contribution in [3.8, 4) is 0 Å². The first kappa shape index (κ1) is 41.7. The van der Waals surface area contributed by atoms with Crippen LogP contribution >= 0.6 is 0 Å². The van der Waals surface area contributed by atoms with Crippen LogP contribution in [0.25, 0.3) is 0 Å². The summed E-state index contributed by atoms with van der Waals surface area (Å²) in [4.78, 5) is 31.4. The Morgan fingerprint density at radius 3 is 0.690 bits per heavy atom. The van der Waals surface area contributed by atoms with Gasteiger partial charge in [0.2, 0.25) is 0 Å². The van der Waals surface area contributed by atoms with Crippen LogP contribution in [0.2, 0.25) is 0 Å². The van der Waals surface area contributed by atoms with Crippen LogP contribution in [0.3, 0.4) is 0 Å². The Kier molecular flexibility index (Phi) is 18.1. The summed E-state index contributed by atoms with van der Waals surface area (Å²) in [5, 5.41) is 31.4. The van der Waals surface area contributed by atoms with Gasteiger partial charge in [0.15, 0.2) is 0 Å². The number of hydrogen-bond acceptors (Lipinski definition) is 7. The van der Waals surface area contributed by atoms with E-state index in [0.717, 1.165) is 16.7 Å². The molecule has 0 heterocycles. The van der Waals surface area contributed by atoms with Gasteiger partial charge in [-0.25, -0.2) is 0 Å². The number of hydrogen-bond donors (Lipinski definition) is 1. The van der Waals surface area contributed by atoms with E-state index in [1.165, 1.54) is 16.6 Å². The molecule has 9 heteroatoms. The number of carboxylic acids is 3. The van der Waals surface area contributed by atoms with Gasteiger partial charge >= 0.3 is 50.3 Å². The van der Waals surface area contributed by atoms with E-state index in [4.69, 9.17) is 4.16 Å². The fourth-order valence-electron chi connectivity index (χ4n) is 3.32. The van der Waals surface area contributed by atoms with Gasteiger partial charge < -0.3 is 29.7 Å². The van der Waals surface area contributed by atoms with E-state index in [2.05, 4.69) is 62.3 Å². The standard InChI is InChI=1S/3C11H14O2.Al.Na.H2O/c3*1-11(2,3)9-6-4-8(5-7-9)10(12)13;;;/h3*4-7H,1-3H3,(H,12,13);;;1H2/q;;;+3;+1;/p-4. The molecular weight excluding hydrogens is 558 g/mol. The summed E-state index contributed by atoms with van der Waals surface area (Å²) in [5.41, 5.74) is 4.24. The van der Waals surface area contributed by atoms with Crippen molar-refractivity contribution in [3.63, 3.8) is 0 Å². The zero-order valence-electron chi connectivity index (χ0n) is 26.4. The van der Waals surface area contributed by atoms with E-state index in [1.807, 2.05) is 36.4 Å². The summed E-state index contributed by atoms with van der Waals surface area (Å²) in [7, 11) is 0. The molecule has 42 heavy (non-hydrogen) atoms. The van der Waals surface area contributed by atoms with Gasteiger partial charge in [-0.1, -0.05) is 135 Å². The Hall–Kier alpha value is -2.44. The molecule has 0 amide bonds. The quantitative estimate of drug-likeness (QED) is 0.422. The Morgan fingerprint density at radius 2 is 0.595 bits per heavy atom. The van der Waals surface area contributed by atoms with Gasteiger partial charge in [-0.3, -0.25) is 0 Å². The maximum atomic E-state index is 10.5. The van der Waals surface area contributed by atoms with Gasteiger partial charge in [-0.15, -0.1) is 0 Å². The summed E-state index contributed by atoms with van der Waals surface area (Å²) in [5.74, 6) is -3.37. The SMILES string of the molecule is CC(C)(C)c1ccc(C(=O)[O-])cc1.CC(C)(C)c1ccc(C(=O)[O-])cc1.CC(C)(C)c1ccc(C(=O)[O-])cc1.[Na+].[OH][Al+2]. The molecule has 3 aromatic rings. The molecule has 0 saturated heterocycles. The third kappa shape index (κ3) is 15.2. The van der Waals surface area contributed by atoms with Crippen molar-refractivity contribution in [2.75, 3.05) is 0 Å². The Morgan fingerprint density at radius 1 is 0.452 bits per heavy atom.